The summed E-state index contributed by atoms with van der Waals surface area (Å²) in [6.07, 6.45) is 7.25. The van der Waals surface area contributed by atoms with E-state index in [2.05, 4.69) is 15.4 Å². The first-order valence-electron chi connectivity index (χ1n) is 9.20. The molecule has 0 fully saturated rings. The van der Waals surface area contributed by atoms with Gasteiger partial charge in [0.1, 0.15) is 17.3 Å². The van der Waals surface area contributed by atoms with Gasteiger partial charge in [-0.25, -0.2) is 9.50 Å². The van der Waals surface area contributed by atoms with Gasteiger partial charge < -0.3 is 10.1 Å². The minimum Gasteiger partial charge on any atom is -0.457 e. The summed E-state index contributed by atoms with van der Waals surface area (Å²) in [7, 11) is 0. The second-order valence-electron chi connectivity index (χ2n) is 6.45. The van der Waals surface area contributed by atoms with Gasteiger partial charge in [-0.3, -0.25) is 4.98 Å². The lowest BCUT2D eigenvalue weighted by atomic mass is 10.1. The first-order chi connectivity index (χ1) is 14.3. The molecule has 5 rings (SSSR count). The van der Waals surface area contributed by atoms with Crippen LogP contribution in [0.25, 0.3) is 16.8 Å². The molecule has 3 heterocycles. The molecule has 0 unspecified atom stereocenters. The highest BCUT2D eigenvalue weighted by molar-refractivity contribution is 5.77. The Morgan fingerprint density at radius 3 is 2.41 bits per heavy atom. The first-order valence-corrected chi connectivity index (χ1v) is 9.20. The van der Waals surface area contributed by atoms with Crippen molar-refractivity contribution in [1.29, 1.82) is 0 Å². The zero-order valence-corrected chi connectivity index (χ0v) is 15.4. The average Bonchev–Trinajstić information content (AvgIpc) is 3.20. The largest absolute Gasteiger partial charge is 0.457 e. The van der Waals surface area contributed by atoms with Crippen LogP contribution in [-0.4, -0.2) is 19.6 Å². The van der Waals surface area contributed by atoms with Gasteiger partial charge in [-0.2, -0.15) is 5.10 Å². The van der Waals surface area contributed by atoms with Gasteiger partial charge in [-0.15, -0.1) is 0 Å². The molecule has 0 aliphatic carbocycles. The van der Waals surface area contributed by atoms with Crippen LogP contribution in [0.15, 0.2) is 97.6 Å². The fraction of sp³-hybridized carbons (Fsp3) is 0. The van der Waals surface area contributed by atoms with E-state index < -0.39 is 0 Å². The van der Waals surface area contributed by atoms with Gasteiger partial charge in [0.15, 0.2) is 5.65 Å². The molecule has 140 valence electrons. The molecule has 0 aliphatic rings. The van der Waals surface area contributed by atoms with E-state index in [1.54, 1.807) is 16.9 Å². The van der Waals surface area contributed by atoms with Crippen LogP contribution in [-0.2, 0) is 0 Å². The third kappa shape index (κ3) is 3.64. The van der Waals surface area contributed by atoms with Crippen molar-refractivity contribution in [2.75, 3.05) is 5.32 Å². The van der Waals surface area contributed by atoms with Crippen LogP contribution in [0.1, 0.15) is 0 Å². The van der Waals surface area contributed by atoms with Gasteiger partial charge in [0.05, 0.1) is 6.20 Å². The van der Waals surface area contributed by atoms with E-state index in [-0.39, 0.29) is 0 Å². The number of hydrogen-bond acceptors (Lipinski definition) is 5. The maximum absolute atomic E-state index is 5.83. The fourth-order valence-electron chi connectivity index (χ4n) is 3.04. The van der Waals surface area contributed by atoms with Gasteiger partial charge in [-0.1, -0.05) is 24.3 Å². The van der Waals surface area contributed by atoms with E-state index in [1.807, 2.05) is 85.2 Å². The van der Waals surface area contributed by atoms with E-state index >= 15 is 0 Å². The maximum Gasteiger partial charge on any atom is 0.165 e. The van der Waals surface area contributed by atoms with Crippen LogP contribution >= 0.6 is 0 Å². The summed E-state index contributed by atoms with van der Waals surface area (Å²) in [6, 6.07) is 23.3. The molecule has 0 saturated heterocycles. The Bertz CT molecular complexity index is 1240. The van der Waals surface area contributed by atoms with Crippen LogP contribution in [0.5, 0.6) is 11.5 Å². The normalized spacial score (nSPS) is 10.8. The van der Waals surface area contributed by atoms with Crippen molar-refractivity contribution < 1.29 is 4.74 Å². The Morgan fingerprint density at radius 1 is 0.793 bits per heavy atom. The van der Waals surface area contributed by atoms with Crippen LogP contribution in [0.4, 0.5) is 11.5 Å². The first kappa shape index (κ1) is 16.9. The molecule has 0 aliphatic heterocycles. The number of nitrogens with zero attached hydrogens (tertiary/aromatic N) is 4. The molecule has 0 spiro atoms. The minimum atomic E-state index is 0.736. The monoisotopic (exact) mass is 379 g/mol. The summed E-state index contributed by atoms with van der Waals surface area (Å²) in [5.74, 6) is 2.32. The van der Waals surface area contributed by atoms with Crippen molar-refractivity contribution in [3.63, 3.8) is 0 Å². The number of nitrogens with one attached hydrogen (secondary N) is 1. The molecule has 6 nitrogen and oxygen atoms in total. The third-order valence-corrected chi connectivity index (χ3v) is 4.45. The van der Waals surface area contributed by atoms with Crippen molar-refractivity contribution in [3.8, 4) is 22.6 Å². The van der Waals surface area contributed by atoms with Crippen molar-refractivity contribution >= 4 is 17.2 Å². The topological polar surface area (TPSA) is 64.3 Å². The van der Waals surface area contributed by atoms with E-state index in [9.17, 15) is 0 Å². The van der Waals surface area contributed by atoms with Gasteiger partial charge >= 0.3 is 0 Å². The average molecular weight is 379 g/mol. The van der Waals surface area contributed by atoms with Gasteiger partial charge in [0, 0.05) is 35.4 Å². The number of benzene rings is 2. The van der Waals surface area contributed by atoms with Gasteiger partial charge in [0.25, 0.3) is 0 Å². The Hall–Kier alpha value is -4.19. The Kier molecular flexibility index (Phi) is 4.35. The molecular weight excluding hydrogens is 362 g/mol. The van der Waals surface area contributed by atoms with E-state index in [0.717, 1.165) is 39.8 Å². The van der Waals surface area contributed by atoms with E-state index in [0.29, 0.717) is 0 Å². The second kappa shape index (κ2) is 7.44. The smallest absolute Gasteiger partial charge is 0.165 e. The van der Waals surface area contributed by atoms with Crippen molar-refractivity contribution in [3.05, 3.63) is 97.6 Å². The SMILES string of the molecule is c1ccc(Oc2ccc(Nc3ccn4ncc(-c5cccnc5)c4n3)cc2)cc1. The van der Waals surface area contributed by atoms with E-state index in [1.165, 1.54) is 0 Å². The highest BCUT2D eigenvalue weighted by Gasteiger charge is 2.09. The molecule has 29 heavy (non-hydrogen) atoms. The number of para-hydroxylation sites is 1. The molecular formula is C23H17N5O. The van der Waals surface area contributed by atoms with Crippen molar-refractivity contribution in [2.24, 2.45) is 0 Å². The highest BCUT2D eigenvalue weighted by atomic mass is 16.5. The number of pyridine rings is 1. The lowest BCUT2D eigenvalue weighted by Crippen LogP contribution is -1.97. The number of ether oxygens (including phenoxy) is 1. The molecule has 1 N–H and O–H groups in total. The number of hydrogen-bond donors (Lipinski definition) is 1. The van der Waals surface area contributed by atoms with Crippen molar-refractivity contribution in [2.45, 2.75) is 0 Å². The molecule has 0 atom stereocenters. The van der Waals surface area contributed by atoms with Gasteiger partial charge in [0.2, 0.25) is 0 Å². The zero-order valence-electron chi connectivity index (χ0n) is 15.4. The number of fused-ring (bicyclic) bond motifs is 1. The van der Waals surface area contributed by atoms with Crippen LogP contribution < -0.4 is 10.1 Å². The molecule has 0 amide bonds. The Labute approximate surface area is 167 Å². The predicted octanol–water partition coefficient (Wildman–Crippen LogP) is 5.33. The zero-order chi connectivity index (χ0) is 19.5. The van der Waals surface area contributed by atoms with Crippen LogP contribution in [0, 0.1) is 0 Å². The summed E-state index contributed by atoms with van der Waals surface area (Å²) in [5.41, 5.74) is 3.61. The Morgan fingerprint density at radius 2 is 1.62 bits per heavy atom. The summed E-state index contributed by atoms with van der Waals surface area (Å²) in [5, 5.41) is 7.71. The summed E-state index contributed by atoms with van der Waals surface area (Å²) < 4.78 is 7.59. The number of rotatable bonds is 5. The Balaban J connectivity index is 1.37. The lowest BCUT2D eigenvalue weighted by Gasteiger charge is -2.09. The fourth-order valence-corrected chi connectivity index (χ4v) is 3.04. The highest BCUT2D eigenvalue weighted by Crippen LogP contribution is 2.26. The molecule has 0 bridgehead atoms. The molecule has 0 radical (unpaired) electrons. The molecule has 2 aromatic carbocycles. The second-order valence-corrected chi connectivity index (χ2v) is 6.45. The minimum absolute atomic E-state index is 0.736. The molecule has 5 aromatic rings. The summed E-state index contributed by atoms with van der Waals surface area (Å²) in [6.45, 7) is 0. The maximum atomic E-state index is 5.83. The number of aromatic nitrogens is 4. The summed E-state index contributed by atoms with van der Waals surface area (Å²) >= 11 is 0. The standard InChI is InChI=1S/C23H17N5O/c1-2-6-19(7-3-1)29-20-10-8-18(9-11-20)26-22-12-14-28-23(27-22)21(16-25-28)17-5-4-13-24-15-17/h1-16H,(H,26,27). The van der Waals surface area contributed by atoms with Gasteiger partial charge in [-0.05, 0) is 48.5 Å². The number of anilines is 2. The molecule has 6 heteroatoms. The molecule has 3 aromatic heterocycles. The van der Waals surface area contributed by atoms with Crippen LogP contribution in [0.2, 0.25) is 0 Å². The van der Waals surface area contributed by atoms with Crippen LogP contribution in [0.3, 0.4) is 0 Å². The van der Waals surface area contributed by atoms with Crippen molar-refractivity contribution in [1.82, 2.24) is 19.6 Å². The quantitative estimate of drug-likeness (QED) is 0.447. The third-order valence-electron chi connectivity index (χ3n) is 4.45. The van der Waals surface area contributed by atoms with E-state index in [4.69, 9.17) is 9.72 Å². The molecule has 0 saturated carbocycles. The predicted molar refractivity (Wildman–Crippen MR) is 112 cm³/mol. The lowest BCUT2D eigenvalue weighted by molar-refractivity contribution is 0.483. The summed E-state index contributed by atoms with van der Waals surface area (Å²) in [4.78, 5) is 8.91.